The third-order valence-electron chi connectivity index (χ3n) is 3.05. The number of alkyl halides is 1. The number of rotatable bonds is 4. The van der Waals surface area contributed by atoms with Crippen LogP contribution in [0, 0.1) is 6.92 Å². The van der Waals surface area contributed by atoms with Gasteiger partial charge in [0, 0.05) is 18.5 Å². The van der Waals surface area contributed by atoms with E-state index in [0.717, 1.165) is 18.6 Å². The van der Waals surface area contributed by atoms with E-state index < -0.39 is 0 Å². The molecule has 0 aliphatic heterocycles. The molecule has 0 spiro atoms. The van der Waals surface area contributed by atoms with E-state index >= 15 is 0 Å². The number of hydrogen-bond acceptors (Lipinski definition) is 2. The second-order valence-corrected chi connectivity index (χ2v) is 4.56. The van der Waals surface area contributed by atoms with Gasteiger partial charge in [0.15, 0.2) is 5.76 Å². The molecule has 0 saturated heterocycles. The van der Waals surface area contributed by atoms with Gasteiger partial charge in [0.05, 0.1) is 0 Å². The molecule has 1 fully saturated rings. The zero-order chi connectivity index (χ0) is 11.5. The molecule has 88 valence electrons. The lowest BCUT2D eigenvalue weighted by atomic mass is 9.91. The molecule has 4 heteroatoms. The van der Waals surface area contributed by atoms with Crippen molar-refractivity contribution >= 4 is 17.5 Å². The quantitative estimate of drug-likeness (QED) is 0.760. The molecule has 1 aliphatic carbocycles. The molecular formula is C12H16ClNO2. The first-order valence-corrected chi connectivity index (χ1v) is 6.19. The summed E-state index contributed by atoms with van der Waals surface area (Å²) in [5.41, 5.74) is 0. The van der Waals surface area contributed by atoms with Crippen molar-refractivity contribution in [3.05, 3.63) is 23.7 Å². The lowest BCUT2D eigenvalue weighted by molar-refractivity contribution is 0.0564. The van der Waals surface area contributed by atoms with Crippen LogP contribution in [-0.4, -0.2) is 29.3 Å². The Kier molecular flexibility index (Phi) is 3.54. The van der Waals surface area contributed by atoms with Gasteiger partial charge in [-0.3, -0.25) is 4.79 Å². The summed E-state index contributed by atoms with van der Waals surface area (Å²) in [4.78, 5) is 14.0. The molecule has 1 heterocycles. The van der Waals surface area contributed by atoms with Crippen LogP contribution in [0.15, 0.2) is 16.5 Å². The highest BCUT2D eigenvalue weighted by Crippen LogP contribution is 2.26. The van der Waals surface area contributed by atoms with Crippen molar-refractivity contribution in [2.45, 2.75) is 32.2 Å². The monoisotopic (exact) mass is 241 g/mol. The second kappa shape index (κ2) is 4.91. The van der Waals surface area contributed by atoms with Gasteiger partial charge in [-0.2, -0.15) is 0 Å². The van der Waals surface area contributed by atoms with Crippen molar-refractivity contribution in [2.75, 3.05) is 12.4 Å². The lowest BCUT2D eigenvalue weighted by Crippen LogP contribution is -2.45. The van der Waals surface area contributed by atoms with Crippen LogP contribution < -0.4 is 0 Å². The van der Waals surface area contributed by atoms with Crippen molar-refractivity contribution in [2.24, 2.45) is 0 Å². The van der Waals surface area contributed by atoms with Crippen LogP contribution in [-0.2, 0) is 0 Å². The van der Waals surface area contributed by atoms with Crippen LogP contribution in [0.25, 0.3) is 0 Å². The topological polar surface area (TPSA) is 33.5 Å². The van der Waals surface area contributed by atoms with E-state index in [2.05, 4.69) is 0 Å². The average Bonchev–Trinajstić information content (AvgIpc) is 2.60. The highest BCUT2D eigenvalue weighted by Gasteiger charge is 2.30. The maximum Gasteiger partial charge on any atom is 0.289 e. The first kappa shape index (κ1) is 11.5. The SMILES string of the molecule is Cc1ccc(C(=O)N(CCCl)C2CCC2)o1. The first-order chi connectivity index (χ1) is 7.72. The molecule has 0 radical (unpaired) electrons. The summed E-state index contributed by atoms with van der Waals surface area (Å²) in [7, 11) is 0. The van der Waals surface area contributed by atoms with Crippen LogP contribution in [0.3, 0.4) is 0 Å². The van der Waals surface area contributed by atoms with Crippen molar-refractivity contribution < 1.29 is 9.21 Å². The van der Waals surface area contributed by atoms with E-state index in [1.54, 1.807) is 6.07 Å². The predicted molar refractivity (Wildman–Crippen MR) is 62.8 cm³/mol. The molecule has 0 unspecified atom stereocenters. The first-order valence-electron chi connectivity index (χ1n) is 5.65. The fourth-order valence-corrected chi connectivity index (χ4v) is 2.11. The minimum Gasteiger partial charge on any atom is -0.456 e. The number of carbonyl (C=O) groups is 1. The molecule has 0 atom stereocenters. The van der Waals surface area contributed by atoms with E-state index in [-0.39, 0.29) is 5.91 Å². The molecular weight excluding hydrogens is 226 g/mol. The molecule has 0 aromatic carbocycles. The van der Waals surface area contributed by atoms with Crippen LogP contribution in [0.4, 0.5) is 0 Å². The Hall–Kier alpha value is -0.960. The number of hydrogen-bond donors (Lipinski definition) is 0. The lowest BCUT2D eigenvalue weighted by Gasteiger charge is -2.36. The van der Waals surface area contributed by atoms with Crippen LogP contribution in [0.1, 0.15) is 35.6 Å². The number of amides is 1. The molecule has 1 aromatic heterocycles. The van der Waals surface area contributed by atoms with Crippen LogP contribution in [0.2, 0.25) is 0 Å². The Morgan fingerprint density at radius 3 is 2.75 bits per heavy atom. The maximum absolute atomic E-state index is 12.2. The summed E-state index contributed by atoms with van der Waals surface area (Å²) in [6.07, 6.45) is 3.37. The van der Waals surface area contributed by atoms with Gasteiger partial charge in [0.2, 0.25) is 0 Å². The van der Waals surface area contributed by atoms with Gasteiger partial charge in [-0.05, 0) is 38.3 Å². The van der Waals surface area contributed by atoms with Gasteiger partial charge in [-0.1, -0.05) is 0 Å². The van der Waals surface area contributed by atoms with Gasteiger partial charge in [-0.15, -0.1) is 11.6 Å². The van der Waals surface area contributed by atoms with E-state index in [0.29, 0.717) is 24.2 Å². The van der Waals surface area contributed by atoms with E-state index in [1.165, 1.54) is 6.42 Å². The third-order valence-corrected chi connectivity index (χ3v) is 3.22. The number of furan rings is 1. The molecule has 3 nitrogen and oxygen atoms in total. The fraction of sp³-hybridized carbons (Fsp3) is 0.583. The third kappa shape index (κ3) is 2.24. The second-order valence-electron chi connectivity index (χ2n) is 4.18. The molecule has 0 N–H and O–H groups in total. The van der Waals surface area contributed by atoms with Gasteiger partial charge in [0.1, 0.15) is 5.76 Å². The number of nitrogens with zero attached hydrogens (tertiary/aromatic N) is 1. The molecule has 2 rings (SSSR count). The molecule has 1 saturated carbocycles. The predicted octanol–water partition coefficient (Wildman–Crippen LogP) is 2.82. The van der Waals surface area contributed by atoms with E-state index in [1.807, 2.05) is 17.9 Å². The number of halogens is 1. The molecule has 1 amide bonds. The largest absolute Gasteiger partial charge is 0.456 e. The van der Waals surface area contributed by atoms with Gasteiger partial charge < -0.3 is 9.32 Å². The summed E-state index contributed by atoms with van der Waals surface area (Å²) in [5, 5.41) is 0. The fourth-order valence-electron chi connectivity index (χ4n) is 1.93. The Labute approximate surface area is 100 Å². The Morgan fingerprint density at radius 1 is 1.56 bits per heavy atom. The zero-order valence-corrected chi connectivity index (χ0v) is 10.2. The maximum atomic E-state index is 12.2. The highest BCUT2D eigenvalue weighted by molar-refractivity contribution is 6.18. The highest BCUT2D eigenvalue weighted by atomic mass is 35.5. The van der Waals surface area contributed by atoms with Gasteiger partial charge >= 0.3 is 0 Å². The molecule has 1 aliphatic rings. The van der Waals surface area contributed by atoms with Crippen LogP contribution >= 0.6 is 11.6 Å². The summed E-state index contributed by atoms with van der Waals surface area (Å²) in [6.45, 7) is 2.44. The van der Waals surface area contributed by atoms with Gasteiger partial charge in [0.25, 0.3) is 5.91 Å². The number of carbonyl (C=O) groups excluding carboxylic acids is 1. The van der Waals surface area contributed by atoms with E-state index in [9.17, 15) is 4.79 Å². The molecule has 0 bridgehead atoms. The normalized spacial score (nSPS) is 15.9. The summed E-state index contributed by atoms with van der Waals surface area (Å²) in [6, 6.07) is 3.90. The van der Waals surface area contributed by atoms with Gasteiger partial charge in [-0.25, -0.2) is 0 Å². The minimum absolute atomic E-state index is 0.0292. The summed E-state index contributed by atoms with van der Waals surface area (Å²) >= 11 is 5.73. The Morgan fingerprint density at radius 2 is 2.31 bits per heavy atom. The van der Waals surface area contributed by atoms with Crippen LogP contribution in [0.5, 0.6) is 0 Å². The zero-order valence-electron chi connectivity index (χ0n) is 9.41. The van der Waals surface area contributed by atoms with Crippen molar-refractivity contribution in [1.29, 1.82) is 0 Å². The standard InChI is InChI=1S/C12H16ClNO2/c1-9-5-6-11(16-9)12(15)14(8-7-13)10-3-2-4-10/h5-6,10H,2-4,7-8H2,1H3. The molecule has 16 heavy (non-hydrogen) atoms. The summed E-state index contributed by atoms with van der Waals surface area (Å²) < 4.78 is 5.36. The van der Waals surface area contributed by atoms with Crippen molar-refractivity contribution in [1.82, 2.24) is 4.90 Å². The minimum atomic E-state index is -0.0292. The number of aryl methyl sites for hydroxylation is 1. The Balaban J connectivity index is 2.09. The van der Waals surface area contributed by atoms with Crippen molar-refractivity contribution in [3.63, 3.8) is 0 Å². The Bertz CT molecular complexity index is 371. The average molecular weight is 242 g/mol. The van der Waals surface area contributed by atoms with E-state index in [4.69, 9.17) is 16.0 Å². The summed E-state index contributed by atoms with van der Waals surface area (Å²) in [5.74, 6) is 1.64. The smallest absolute Gasteiger partial charge is 0.289 e. The molecule has 1 aromatic rings. The van der Waals surface area contributed by atoms with Crippen molar-refractivity contribution in [3.8, 4) is 0 Å².